The van der Waals surface area contributed by atoms with Crippen LogP contribution < -0.4 is 5.32 Å². The van der Waals surface area contributed by atoms with E-state index in [1.54, 1.807) is 10.9 Å². The van der Waals surface area contributed by atoms with Crippen LogP contribution in [0.15, 0.2) is 17.5 Å². The third kappa shape index (κ3) is 2.90. The molecular weight excluding hydrogens is 252 g/mol. The van der Waals surface area contributed by atoms with Crippen molar-refractivity contribution in [3.63, 3.8) is 0 Å². The Hall–Kier alpha value is -2.38. The average Bonchev–Trinajstić information content (AvgIpc) is 2.96. The highest BCUT2D eigenvalue weighted by Gasteiger charge is 2.31. The SMILES string of the molecule is CC(C)n1cc(NC(=O)C2CC(C(=O)O)=NO2)cn1. The van der Waals surface area contributed by atoms with Crippen LogP contribution in [-0.4, -0.2) is 38.6 Å². The maximum absolute atomic E-state index is 11.8. The van der Waals surface area contributed by atoms with Crippen molar-refractivity contribution in [2.24, 2.45) is 5.16 Å². The van der Waals surface area contributed by atoms with Gasteiger partial charge >= 0.3 is 5.97 Å². The molecule has 1 aliphatic heterocycles. The number of rotatable bonds is 4. The largest absolute Gasteiger partial charge is 0.477 e. The Balaban J connectivity index is 1.93. The summed E-state index contributed by atoms with van der Waals surface area (Å²) in [5.41, 5.74) is 0.379. The second kappa shape index (κ2) is 5.09. The highest BCUT2D eigenvalue weighted by Crippen LogP contribution is 2.15. The van der Waals surface area contributed by atoms with Crippen molar-refractivity contribution in [3.8, 4) is 0 Å². The molecule has 0 radical (unpaired) electrons. The minimum absolute atomic E-state index is 0.0422. The molecule has 102 valence electrons. The van der Waals surface area contributed by atoms with Gasteiger partial charge in [-0.1, -0.05) is 5.16 Å². The molecule has 2 rings (SSSR count). The summed E-state index contributed by atoms with van der Waals surface area (Å²) in [4.78, 5) is 27.3. The molecule has 1 atom stereocenters. The summed E-state index contributed by atoms with van der Waals surface area (Å²) in [7, 11) is 0. The topological polar surface area (TPSA) is 106 Å². The molecule has 0 spiro atoms. The number of carbonyl (C=O) groups is 2. The molecule has 0 saturated carbocycles. The highest BCUT2D eigenvalue weighted by molar-refractivity contribution is 6.36. The number of anilines is 1. The van der Waals surface area contributed by atoms with Gasteiger partial charge in [0.25, 0.3) is 5.91 Å². The average molecular weight is 266 g/mol. The van der Waals surface area contributed by atoms with Crippen LogP contribution >= 0.6 is 0 Å². The Bertz CT molecular complexity index is 535. The molecule has 0 bridgehead atoms. The summed E-state index contributed by atoms with van der Waals surface area (Å²) in [5.74, 6) is -1.62. The fourth-order valence-electron chi connectivity index (χ4n) is 1.55. The van der Waals surface area contributed by atoms with Crippen molar-refractivity contribution < 1.29 is 19.5 Å². The maximum Gasteiger partial charge on any atom is 0.353 e. The number of amides is 1. The van der Waals surface area contributed by atoms with E-state index >= 15 is 0 Å². The van der Waals surface area contributed by atoms with Gasteiger partial charge in [-0.2, -0.15) is 5.10 Å². The number of oxime groups is 1. The Kier molecular flexibility index (Phi) is 3.50. The molecule has 0 fully saturated rings. The van der Waals surface area contributed by atoms with E-state index in [-0.39, 0.29) is 18.2 Å². The molecule has 0 aromatic carbocycles. The van der Waals surface area contributed by atoms with Crippen molar-refractivity contribution >= 4 is 23.3 Å². The van der Waals surface area contributed by atoms with Gasteiger partial charge in [0.2, 0.25) is 6.10 Å². The molecule has 0 saturated heterocycles. The van der Waals surface area contributed by atoms with E-state index in [2.05, 4.69) is 15.6 Å². The Labute approximate surface area is 109 Å². The van der Waals surface area contributed by atoms with Gasteiger partial charge < -0.3 is 15.3 Å². The highest BCUT2D eigenvalue weighted by atomic mass is 16.6. The second-order valence-corrected chi connectivity index (χ2v) is 4.43. The molecule has 19 heavy (non-hydrogen) atoms. The summed E-state index contributed by atoms with van der Waals surface area (Å²) in [6.07, 6.45) is 2.26. The van der Waals surface area contributed by atoms with Crippen LogP contribution in [0.25, 0.3) is 0 Å². The van der Waals surface area contributed by atoms with Gasteiger partial charge in [-0.15, -0.1) is 0 Å². The lowest BCUT2D eigenvalue weighted by atomic mass is 10.2. The standard InChI is InChI=1S/C11H14N4O4/c1-6(2)15-5-7(4-12-15)13-10(16)9-3-8(11(17)18)14-19-9/h4-6,9H,3H2,1-2H3,(H,13,16)(H,17,18). The number of nitrogens with zero attached hydrogens (tertiary/aromatic N) is 3. The van der Waals surface area contributed by atoms with Crippen LogP contribution in [-0.2, 0) is 14.4 Å². The summed E-state index contributed by atoms with van der Waals surface area (Å²) in [6.45, 7) is 3.93. The number of carboxylic acids is 1. The monoisotopic (exact) mass is 266 g/mol. The number of carboxylic acid groups (broad SMARTS) is 1. The van der Waals surface area contributed by atoms with Crippen LogP contribution in [0.2, 0.25) is 0 Å². The number of hydrogen-bond donors (Lipinski definition) is 2. The van der Waals surface area contributed by atoms with Gasteiger partial charge in [-0.25, -0.2) is 4.79 Å². The Morgan fingerprint density at radius 2 is 2.32 bits per heavy atom. The van der Waals surface area contributed by atoms with E-state index in [0.29, 0.717) is 5.69 Å². The number of carbonyl (C=O) groups excluding carboxylic acids is 1. The minimum atomic E-state index is -1.18. The van der Waals surface area contributed by atoms with Gasteiger partial charge in [0.15, 0.2) is 5.71 Å². The smallest absolute Gasteiger partial charge is 0.353 e. The van der Waals surface area contributed by atoms with Gasteiger partial charge in [0.05, 0.1) is 11.9 Å². The first kappa shape index (κ1) is 13.1. The van der Waals surface area contributed by atoms with Gasteiger partial charge in [0.1, 0.15) is 0 Å². The van der Waals surface area contributed by atoms with Crippen molar-refractivity contribution in [2.75, 3.05) is 5.32 Å². The number of nitrogens with one attached hydrogen (secondary N) is 1. The Morgan fingerprint density at radius 3 is 2.84 bits per heavy atom. The quantitative estimate of drug-likeness (QED) is 0.831. The number of aliphatic carboxylic acids is 1. The van der Waals surface area contributed by atoms with Crippen molar-refractivity contribution in [2.45, 2.75) is 32.4 Å². The lowest BCUT2D eigenvalue weighted by molar-refractivity contribution is -0.129. The van der Waals surface area contributed by atoms with Crippen molar-refractivity contribution in [3.05, 3.63) is 12.4 Å². The van der Waals surface area contributed by atoms with Crippen LogP contribution in [0.3, 0.4) is 0 Å². The van der Waals surface area contributed by atoms with Crippen LogP contribution in [0, 0.1) is 0 Å². The molecule has 8 heteroatoms. The normalized spacial score (nSPS) is 18.1. The van der Waals surface area contributed by atoms with E-state index in [1.165, 1.54) is 6.20 Å². The van der Waals surface area contributed by atoms with Gasteiger partial charge in [-0.05, 0) is 13.8 Å². The zero-order valence-corrected chi connectivity index (χ0v) is 10.5. The Morgan fingerprint density at radius 1 is 1.58 bits per heavy atom. The van der Waals surface area contributed by atoms with Crippen molar-refractivity contribution in [1.82, 2.24) is 9.78 Å². The summed E-state index contributed by atoms with van der Waals surface area (Å²) in [6, 6.07) is 0.190. The molecule has 0 aliphatic carbocycles. The zero-order chi connectivity index (χ0) is 14.0. The fraction of sp³-hybridized carbons (Fsp3) is 0.455. The van der Waals surface area contributed by atoms with E-state index < -0.39 is 18.0 Å². The third-order valence-electron chi connectivity index (χ3n) is 2.61. The zero-order valence-electron chi connectivity index (χ0n) is 10.5. The molecule has 8 nitrogen and oxygen atoms in total. The first-order valence-corrected chi connectivity index (χ1v) is 5.78. The lowest BCUT2D eigenvalue weighted by Gasteiger charge is -2.07. The summed E-state index contributed by atoms with van der Waals surface area (Å²) < 4.78 is 1.70. The van der Waals surface area contributed by atoms with Gasteiger partial charge in [0, 0.05) is 18.7 Å². The molecule has 1 unspecified atom stereocenters. The molecule has 1 aromatic heterocycles. The number of hydrogen-bond acceptors (Lipinski definition) is 5. The molecule has 1 aromatic rings. The second-order valence-electron chi connectivity index (χ2n) is 4.43. The molecule has 2 N–H and O–H groups in total. The van der Waals surface area contributed by atoms with E-state index in [0.717, 1.165) is 0 Å². The predicted molar refractivity (Wildman–Crippen MR) is 65.8 cm³/mol. The predicted octanol–water partition coefficient (Wildman–Crippen LogP) is 0.632. The fourth-order valence-corrected chi connectivity index (χ4v) is 1.55. The molecular formula is C11H14N4O4. The summed E-state index contributed by atoms with van der Waals surface area (Å²) >= 11 is 0. The molecule has 1 aliphatic rings. The third-order valence-corrected chi connectivity index (χ3v) is 2.61. The summed E-state index contributed by atoms with van der Waals surface area (Å²) in [5, 5.41) is 18.7. The van der Waals surface area contributed by atoms with Crippen LogP contribution in [0.1, 0.15) is 26.3 Å². The van der Waals surface area contributed by atoms with E-state index in [1.807, 2.05) is 13.8 Å². The number of aromatic nitrogens is 2. The lowest BCUT2D eigenvalue weighted by Crippen LogP contribution is -2.28. The first-order chi connectivity index (χ1) is 8.97. The minimum Gasteiger partial charge on any atom is -0.477 e. The maximum atomic E-state index is 11.8. The van der Waals surface area contributed by atoms with Crippen LogP contribution in [0.4, 0.5) is 5.69 Å². The van der Waals surface area contributed by atoms with E-state index in [4.69, 9.17) is 9.94 Å². The molecule has 1 amide bonds. The van der Waals surface area contributed by atoms with E-state index in [9.17, 15) is 9.59 Å². The van der Waals surface area contributed by atoms with Gasteiger partial charge in [-0.3, -0.25) is 9.48 Å². The van der Waals surface area contributed by atoms with Crippen molar-refractivity contribution in [1.29, 1.82) is 0 Å². The van der Waals surface area contributed by atoms with Crippen LogP contribution in [0.5, 0.6) is 0 Å². The first-order valence-electron chi connectivity index (χ1n) is 5.78. The molecule has 2 heterocycles.